The molecule has 0 aliphatic carbocycles. The lowest BCUT2D eigenvalue weighted by atomic mass is 10.0. The predicted molar refractivity (Wildman–Crippen MR) is 73.9 cm³/mol. The van der Waals surface area contributed by atoms with Gasteiger partial charge < -0.3 is 5.32 Å². The Morgan fingerprint density at radius 2 is 2.00 bits per heavy atom. The second-order valence-corrected chi connectivity index (χ2v) is 5.22. The third kappa shape index (κ3) is 3.14. The Labute approximate surface area is 113 Å². The van der Waals surface area contributed by atoms with E-state index in [0.29, 0.717) is 11.1 Å². The van der Waals surface area contributed by atoms with Gasteiger partial charge in [-0.2, -0.15) is 0 Å². The van der Waals surface area contributed by atoms with Crippen molar-refractivity contribution >= 4 is 23.2 Å². The van der Waals surface area contributed by atoms with Gasteiger partial charge in [-0.15, -0.1) is 0 Å². The standard InChI is InChI=1S/C13H18Cl2N2/c1-2-13(17-7-5-16-6-8-17)11-4-3-10(14)9-12(11)15/h3-4,9,13,16H,2,5-8H2,1H3. The molecule has 17 heavy (non-hydrogen) atoms. The summed E-state index contributed by atoms with van der Waals surface area (Å²) < 4.78 is 0. The molecule has 2 nitrogen and oxygen atoms in total. The van der Waals surface area contributed by atoms with E-state index < -0.39 is 0 Å². The van der Waals surface area contributed by atoms with Crippen molar-refractivity contribution in [3.05, 3.63) is 33.8 Å². The molecular weight excluding hydrogens is 255 g/mol. The summed E-state index contributed by atoms with van der Waals surface area (Å²) >= 11 is 12.2. The van der Waals surface area contributed by atoms with Gasteiger partial charge in [0.15, 0.2) is 0 Å². The van der Waals surface area contributed by atoms with Gasteiger partial charge in [-0.25, -0.2) is 0 Å². The van der Waals surface area contributed by atoms with Crippen molar-refractivity contribution in [3.8, 4) is 0 Å². The topological polar surface area (TPSA) is 15.3 Å². The highest BCUT2D eigenvalue weighted by Crippen LogP contribution is 2.32. The fraction of sp³-hybridized carbons (Fsp3) is 0.538. The lowest BCUT2D eigenvalue weighted by molar-refractivity contribution is 0.169. The van der Waals surface area contributed by atoms with Gasteiger partial charge in [0.25, 0.3) is 0 Å². The van der Waals surface area contributed by atoms with Crippen molar-refractivity contribution in [2.24, 2.45) is 0 Å². The number of benzene rings is 1. The van der Waals surface area contributed by atoms with Gasteiger partial charge in [-0.05, 0) is 24.1 Å². The molecule has 0 saturated carbocycles. The monoisotopic (exact) mass is 272 g/mol. The molecule has 4 heteroatoms. The van der Waals surface area contributed by atoms with Crippen LogP contribution in [0.4, 0.5) is 0 Å². The largest absolute Gasteiger partial charge is 0.314 e. The lowest BCUT2D eigenvalue weighted by Gasteiger charge is -2.35. The third-order valence-corrected chi connectivity index (χ3v) is 3.86. The highest BCUT2D eigenvalue weighted by molar-refractivity contribution is 6.35. The Bertz CT molecular complexity index is 376. The van der Waals surface area contributed by atoms with Gasteiger partial charge in [-0.1, -0.05) is 36.2 Å². The number of piperazine rings is 1. The summed E-state index contributed by atoms with van der Waals surface area (Å²) in [6.07, 6.45) is 1.07. The highest BCUT2D eigenvalue weighted by Gasteiger charge is 2.22. The van der Waals surface area contributed by atoms with E-state index in [-0.39, 0.29) is 0 Å². The van der Waals surface area contributed by atoms with Crippen LogP contribution in [0.1, 0.15) is 24.9 Å². The van der Waals surface area contributed by atoms with Crippen LogP contribution in [0.3, 0.4) is 0 Å². The highest BCUT2D eigenvalue weighted by atomic mass is 35.5. The molecule has 1 unspecified atom stereocenters. The Morgan fingerprint density at radius 1 is 1.29 bits per heavy atom. The average Bonchev–Trinajstić information content (AvgIpc) is 2.34. The maximum Gasteiger partial charge on any atom is 0.0468 e. The van der Waals surface area contributed by atoms with Crippen LogP contribution >= 0.6 is 23.2 Å². The Hall–Kier alpha value is -0.280. The maximum absolute atomic E-state index is 6.30. The molecule has 0 bridgehead atoms. The summed E-state index contributed by atoms with van der Waals surface area (Å²) in [5.41, 5.74) is 1.19. The Kier molecular flexibility index (Phi) is 4.69. The summed E-state index contributed by atoms with van der Waals surface area (Å²) in [6, 6.07) is 6.22. The Morgan fingerprint density at radius 3 is 2.59 bits per heavy atom. The molecule has 1 aromatic carbocycles. The second-order valence-electron chi connectivity index (χ2n) is 4.38. The molecule has 2 rings (SSSR count). The zero-order valence-corrected chi connectivity index (χ0v) is 11.6. The first-order chi connectivity index (χ1) is 8.22. The molecule has 1 saturated heterocycles. The van der Waals surface area contributed by atoms with Crippen LogP contribution in [0.2, 0.25) is 10.0 Å². The second kappa shape index (κ2) is 6.05. The summed E-state index contributed by atoms with van der Waals surface area (Å²) in [6.45, 7) is 6.48. The van der Waals surface area contributed by atoms with Gasteiger partial charge in [0.2, 0.25) is 0 Å². The van der Waals surface area contributed by atoms with E-state index in [2.05, 4.69) is 23.2 Å². The van der Waals surface area contributed by atoms with Crippen LogP contribution in [0.25, 0.3) is 0 Å². The van der Waals surface area contributed by atoms with Crippen molar-refractivity contribution in [3.63, 3.8) is 0 Å². The van der Waals surface area contributed by atoms with E-state index in [1.807, 2.05) is 12.1 Å². The van der Waals surface area contributed by atoms with Crippen LogP contribution in [0.5, 0.6) is 0 Å². The fourth-order valence-electron chi connectivity index (χ4n) is 2.44. The summed E-state index contributed by atoms with van der Waals surface area (Å²) in [5, 5.41) is 4.86. The molecule has 1 fully saturated rings. The molecular formula is C13H18Cl2N2. The van der Waals surface area contributed by atoms with Crippen LogP contribution < -0.4 is 5.32 Å². The molecule has 1 aliphatic heterocycles. The molecule has 1 aromatic rings. The smallest absolute Gasteiger partial charge is 0.0468 e. The van der Waals surface area contributed by atoms with Crippen molar-refractivity contribution < 1.29 is 0 Å². The Balaban J connectivity index is 2.21. The molecule has 1 heterocycles. The van der Waals surface area contributed by atoms with Gasteiger partial charge in [0.1, 0.15) is 0 Å². The van der Waals surface area contributed by atoms with E-state index in [1.54, 1.807) is 0 Å². The SMILES string of the molecule is CCC(c1ccc(Cl)cc1Cl)N1CCNCC1. The van der Waals surface area contributed by atoms with Crippen molar-refractivity contribution in [1.82, 2.24) is 10.2 Å². The number of rotatable bonds is 3. The first-order valence-electron chi connectivity index (χ1n) is 6.12. The zero-order valence-electron chi connectivity index (χ0n) is 10.0. The van der Waals surface area contributed by atoms with Gasteiger partial charge in [-0.3, -0.25) is 4.90 Å². The van der Waals surface area contributed by atoms with Gasteiger partial charge in [0, 0.05) is 42.3 Å². The van der Waals surface area contributed by atoms with E-state index >= 15 is 0 Å². The first-order valence-corrected chi connectivity index (χ1v) is 6.87. The fourth-order valence-corrected chi connectivity index (χ4v) is 2.97. The van der Waals surface area contributed by atoms with Crippen LogP contribution in [0, 0.1) is 0 Å². The minimum Gasteiger partial charge on any atom is -0.314 e. The normalized spacial score (nSPS) is 19.2. The number of hydrogen-bond donors (Lipinski definition) is 1. The molecule has 94 valence electrons. The lowest BCUT2D eigenvalue weighted by Crippen LogP contribution is -2.45. The zero-order chi connectivity index (χ0) is 12.3. The summed E-state index contributed by atoms with van der Waals surface area (Å²) in [7, 11) is 0. The molecule has 1 atom stereocenters. The number of halogens is 2. The minimum atomic E-state index is 0.405. The van der Waals surface area contributed by atoms with E-state index in [1.165, 1.54) is 5.56 Å². The molecule has 0 spiro atoms. The van der Waals surface area contributed by atoms with Crippen LogP contribution in [-0.2, 0) is 0 Å². The molecule has 0 radical (unpaired) electrons. The number of nitrogens with one attached hydrogen (secondary N) is 1. The van der Waals surface area contributed by atoms with Crippen molar-refractivity contribution in [2.45, 2.75) is 19.4 Å². The molecule has 1 aliphatic rings. The molecule has 0 amide bonds. The predicted octanol–water partition coefficient (Wildman–Crippen LogP) is 3.35. The minimum absolute atomic E-state index is 0.405. The van der Waals surface area contributed by atoms with E-state index in [4.69, 9.17) is 23.2 Å². The first kappa shape index (κ1) is 13.2. The van der Waals surface area contributed by atoms with Gasteiger partial charge in [0.05, 0.1) is 0 Å². The summed E-state index contributed by atoms with van der Waals surface area (Å²) in [4.78, 5) is 2.49. The molecule has 1 N–H and O–H groups in total. The third-order valence-electron chi connectivity index (χ3n) is 3.30. The number of nitrogens with zero attached hydrogens (tertiary/aromatic N) is 1. The molecule has 0 aromatic heterocycles. The van der Waals surface area contributed by atoms with Crippen LogP contribution in [-0.4, -0.2) is 31.1 Å². The van der Waals surface area contributed by atoms with Crippen molar-refractivity contribution in [2.75, 3.05) is 26.2 Å². The number of hydrogen-bond acceptors (Lipinski definition) is 2. The summed E-state index contributed by atoms with van der Waals surface area (Å²) in [5.74, 6) is 0. The maximum atomic E-state index is 6.30. The van der Waals surface area contributed by atoms with E-state index in [9.17, 15) is 0 Å². The van der Waals surface area contributed by atoms with Crippen LogP contribution in [0.15, 0.2) is 18.2 Å². The van der Waals surface area contributed by atoms with E-state index in [0.717, 1.165) is 37.6 Å². The van der Waals surface area contributed by atoms with Crippen molar-refractivity contribution in [1.29, 1.82) is 0 Å². The van der Waals surface area contributed by atoms with Gasteiger partial charge >= 0.3 is 0 Å². The quantitative estimate of drug-likeness (QED) is 0.908. The average molecular weight is 273 g/mol.